The fourth-order valence-corrected chi connectivity index (χ4v) is 5.31. The van der Waals surface area contributed by atoms with Gasteiger partial charge in [0.25, 0.3) is 0 Å². The molecule has 1 aliphatic heterocycles. The van der Waals surface area contributed by atoms with Crippen LogP contribution in [0.2, 0.25) is 0 Å². The quantitative estimate of drug-likeness (QED) is 0.142. The number of hydrogen-bond acceptors (Lipinski definition) is 9. The van der Waals surface area contributed by atoms with Crippen LogP contribution in [0.1, 0.15) is 35.6 Å². The summed E-state index contributed by atoms with van der Waals surface area (Å²) in [6, 6.07) is 11.3. The van der Waals surface area contributed by atoms with Crippen molar-refractivity contribution in [1.29, 1.82) is 5.41 Å². The lowest BCUT2D eigenvalue weighted by atomic mass is 9.95. The number of cyclic esters (lactones) is 1. The molecule has 45 heavy (non-hydrogen) atoms. The Bertz CT molecular complexity index is 1520. The first-order valence-corrected chi connectivity index (χ1v) is 14.5. The molecule has 2 amide bonds. The Kier molecular flexibility index (Phi) is 12.4. The Labute approximate surface area is 256 Å². The zero-order valence-corrected chi connectivity index (χ0v) is 25.1. The highest BCUT2D eigenvalue weighted by molar-refractivity contribution is 7.89. The molecular weight excluding hydrogens is 627 g/mol. The second-order valence-electron chi connectivity index (χ2n) is 9.73. The zero-order valence-electron chi connectivity index (χ0n) is 24.3. The fourth-order valence-electron chi connectivity index (χ4n) is 4.03. The summed E-state index contributed by atoms with van der Waals surface area (Å²) in [5, 5.41) is 17.2. The van der Waals surface area contributed by atoms with Gasteiger partial charge >= 0.3 is 24.2 Å². The van der Waals surface area contributed by atoms with Gasteiger partial charge in [0.15, 0.2) is 0 Å². The van der Waals surface area contributed by atoms with Gasteiger partial charge < -0.3 is 30.5 Å². The number of carbonyl (C=O) groups is 4. The number of carbonyl (C=O) groups excluding carboxylic acids is 3. The van der Waals surface area contributed by atoms with Crippen molar-refractivity contribution in [2.24, 2.45) is 5.73 Å². The number of methoxy groups -OCH3 is 1. The van der Waals surface area contributed by atoms with Gasteiger partial charge in [0.1, 0.15) is 18.0 Å². The number of ether oxygens (including phenoxy) is 2. The van der Waals surface area contributed by atoms with Gasteiger partial charge in [-0.3, -0.25) is 15.0 Å². The maximum Gasteiger partial charge on any atom is 0.490 e. The van der Waals surface area contributed by atoms with Crippen molar-refractivity contribution in [3.8, 4) is 0 Å². The molecule has 2 aromatic rings. The van der Waals surface area contributed by atoms with Crippen LogP contribution in [0.4, 0.5) is 18.0 Å². The van der Waals surface area contributed by atoms with Crippen molar-refractivity contribution >= 4 is 39.8 Å². The summed E-state index contributed by atoms with van der Waals surface area (Å²) in [7, 11) is -1.37. The molecule has 246 valence electrons. The molecular formula is C27H32F3N5O9S. The average molecular weight is 660 g/mol. The number of benzene rings is 2. The van der Waals surface area contributed by atoms with Crippen LogP contribution < -0.4 is 15.8 Å². The highest BCUT2D eigenvalue weighted by Gasteiger charge is 2.38. The topological polar surface area (TPSA) is 218 Å². The van der Waals surface area contributed by atoms with Crippen molar-refractivity contribution in [3.05, 3.63) is 65.2 Å². The maximum absolute atomic E-state index is 12.8. The number of alkyl halides is 3. The largest absolute Gasteiger partial charge is 0.490 e. The zero-order chi connectivity index (χ0) is 34.1. The van der Waals surface area contributed by atoms with Crippen molar-refractivity contribution in [2.45, 2.75) is 49.0 Å². The number of nitrogens with two attached hydrogens (primary N) is 1. The number of rotatable bonds is 10. The van der Waals surface area contributed by atoms with E-state index in [0.29, 0.717) is 12.0 Å². The van der Waals surface area contributed by atoms with Crippen molar-refractivity contribution in [3.63, 3.8) is 0 Å². The molecule has 0 radical (unpaired) electrons. The summed E-state index contributed by atoms with van der Waals surface area (Å²) in [5.74, 6) is -4.25. The molecule has 1 aliphatic rings. The molecule has 1 heterocycles. The van der Waals surface area contributed by atoms with Gasteiger partial charge in [-0.1, -0.05) is 36.4 Å². The predicted octanol–water partition coefficient (Wildman–Crippen LogP) is 1.82. The lowest BCUT2D eigenvalue weighted by Gasteiger charge is -2.36. The number of aliphatic carboxylic acids is 1. The van der Waals surface area contributed by atoms with Crippen LogP contribution >= 0.6 is 0 Å². The molecule has 3 rings (SSSR count). The van der Waals surface area contributed by atoms with E-state index in [0.717, 1.165) is 18.2 Å². The molecule has 18 heteroatoms. The minimum Gasteiger partial charge on any atom is -0.475 e. The third-order valence-corrected chi connectivity index (χ3v) is 7.83. The fraction of sp³-hybridized carbons (Fsp3) is 0.370. The predicted molar refractivity (Wildman–Crippen MR) is 151 cm³/mol. The van der Waals surface area contributed by atoms with E-state index in [1.807, 2.05) is 0 Å². The lowest BCUT2D eigenvalue weighted by molar-refractivity contribution is -0.192. The van der Waals surface area contributed by atoms with E-state index >= 15 is 0 Å². The normalized spacial score (nSPS) is 17.2. The Morgan fingerprint density at radius 3 is 2.31 bits per heavy atom. The number of nitrogens with zero attached hydrogens (tertiary/aromatic N) is 1. The minimum atomic E-state index is -5.08. The number of aryl methyl sites for hydroxylation is 1. The molecule has 1 saturated heterocycles. The van der Waals surface area contributed by atoms with Crippen LogP contribution in [0.25, 0.3) is 0 Å². The first kappa shape index (κ1) is 36.5. The van der Waals surface area contributed by atoms with Gasteiger partial charge in [0.2, 0.25) is 15.9 Å². The number of hydrogen-bond donors (Lipinski definition) is 5. The molecule has 0 spiro atoms. The summed E-state index contributed by atoms with van der Waals surface area (Å²) >= 11 is 0. The van der Waals surface area contributed by atoms with Crippen LogP contribution in [-0.2, 0) is 33.9 Å². The number of sulfonamides is 1. The summed E-state index contributed by atoms with van der Waals surface area (Å²) in [5.41, 5.74) is 7.55. The Hall–Kier alpha value is -4.71. The summed E-state index contributed by atoms with van der Waals surface area (Å²) in [4.78, 5) is 47.6. The first-order chi connectivity index (χ1) is 20.8. The third kappa shape index (κ3) is 10.8. The number of nitrogens with one attached hydrogen (secondary N) is 3. The van der Waals surface area contributed by atoms with E-state index in [9.17, 15) is 36.0 Å². The Balaban J connectivity index is 0.000000900. The van der Waals surface area contributed by atoms with Crippen LogP contribution in [0.3, 0.4) is 0 Å². The van der Waals surface area contributed by atoms with Crippen molar-refractivity contribution in [2.75, 3.05) is 20.7 Å². The number of carboxylic acids is 1. The molecule has 3 atom stereocenters. The smallest absolute Gasteiger partial charge is 0.475 e. The van der Waals surface area contributed by atoms with E-state index in [2.05, 4.69) is 10.0 Å². The summed E-state index contributed by atoms with van der Waals surface area (Å²) < 4.78 is 69.6. The van der Waals surface area contributed by atoms with Crippen LogP contribution in [0, 0.1) is 12.3 Å². The molecule has 0 saturated carbocycles. The lowest BCUT2D eigenvalue weighted by Crippen LogP contribution is -2.49. The van der Waals surface area contributed by atoms with Gasteiger partial charge in [-0.25, -0.2) is 18.0 Å². The standard InChI is InChI=1S/C25H31N5O7S.C2HF3O2/c1-15-5-4-6-19(11-15)38(34,35)29-20(24(32)36-3)14-28-22(31)13-18-12-21(30(2)25(33)37-18)16-7-9-17(10-8-16)23(26)27;3-2(4,5)1(6)7/h4-11,18,20-21,29H,12-14H2,1-3H3,(H3,26,27)(H,28,31);(H,6,7)/t18-,20+,21+;/m1./s1. The van der Waals surface area contributed by atoms with Crippen molar-refractivity contribution in [1.82, 2.24) is 14.9 Å². The average Bonchev–Trinajstić information content (AvgIpc) is 2.96. The molecule has 0 bridgehead atoms. The van der Waals surface area contributed by atoms with Gasteiger partial charge in [-0.05, 0) is 30.2 Å². The highest BCUT2D eigenvalue weighted by atomic mass is 32.2. The summed E-state index contributed by atoms with van der Waals surface area (Å²) in [6.07, 6.45) is -6.32. The van der Waals surface area contributed by atoms with Gasteiger partial charge in [-0.2, -0.15) is 17.9 Å². The molecule has 6 N–H and O–H groups in total. The minimum absolute atomic E-state index is 0.0293. The number of nitrogen functional groups attached to an aromatic ring is 1. The second kappa shape index (κ2) is 15.3. The van der Waals surface area contributed by atoms with E-state index in [1.54, 1.807) is 50.4 Å². The number of carboxylic acid groups (broad SMARTS) is 1. The Morgan fingerprint density at radius 2 is 1.80 bits per heavy atom. The maximum atomic E-state index is 12.8. The van der Waals surface area contributed by atoms with Crippen LogP contribution in [-0.4, -0.2) is 87.2 Å². The third-order valence-electron chi connectivity index (χ3n) is 6.36. The van der Waals surface area contributed by atoms with E-state index < -0.39 is 52.3 Å². The second-order valence-corrected chi connectivity index (χ2v) is 11.4. The highest BCUT2D eigenvalue weighted by Crippen LogP contribution is 2.32. The summed E-state index contributed by atoms with van der Waals surface area (Å²) in [6.45, 7) is 1.37. The van der Waals surface area contributed by atoms with Gasteiger partial charge in [0.05, 0.1) is 24.5 Å². The SMILES string of the molecule is COC(=O)[C@H](CNC(=O)C[C@H]1C[C@@H](c2ccc(C(=N)N)cc2)N(C)C(=O)O1)NS(=O)(=O)c1cccc(C)c1.O=C(O)C(F)(F)F. The number of halogens is 3. The first-order valence-electron chi connectivity index (χ1n) is 13.0. The van der Waals surface area contributed by atoms with E-state index in [1.165, 1.54) is 17.0 Å². The molecule has 0 aliphatic carbocycles. The number of esters is 1. The van der Waals surface area contributed by atoms with E-state index in [4.69, 9.17) is 30.5 Å². The van der Waals surface area contributed by atoms with Crippen LogP contribution in [0.5, 0.6) is 0 Å². The van der Waals surface area contributed by atoms with Gasteiger partial charge in [-0.15, -0.1) is 0 Å². The van der Waals surface area contributed by atoms with Crippen LogP contribution in [0.15, 0.2) is 53.4 Å². The molecule has 0 unspecified atom stereocenters. The number of amides is 2. The van der Waals surface area contributed by atoms with Crippen molar-refractivity contribution < 1.29 is 55.3 Å². The van der Waals surface area contributed by atoms with Gasteiger partial charge in [0, 0.05) is 25.6 Å². The molecule has 14 nitrogen and oxygen atoms in total. The molecule has 0 aromatic heterocycles. The monoisotopic (exact) mass is 659 g/mol. The van der Waals surface area contributed by atoms with E-state index in [-0.39, 0.29) is 29.7 Å². The molecule has 2 aromatic carbocycles. The Morgan fingerprint density at radius 1 is 1.20 bits per heavy atom. The molecule has 1 fully saturated rings. The number of amidine groups is 1.